The van der Waals surface area contributed by atoms with Gasteiger partial charge in [0.05, 0.1) is 46.5 Å². The van der Waals surface area contributed by atoms with Crippen LogP contribution in [0.25, 0.3) is 0 Å². The van der Waals surface area contributed by atoms with E-state index in [0.29, 0.717) is 41.7 Å². The predicted molar refractivity (Wildman–Crippen MR) is 190 cm³/mol. The van der Waals surface area contributed by atoms with Gasteiger partial charge >= 0.3 is 0 Å². The fourth-order valence-electron chi connectivity index (χ4n) is 7.89. The van der Waals surface area contributed by atoms with Gasteiger partial charge in [-0.2, -0.15) is 0 Å². The summed E-state index contributed by atoms with van der Waals surface area (Å²) in [6.45, 7) is 4.65. The number of benzene rings is 3. The Kier molecular flexibility index (Phi) is 8.87. The van der Waals surface area contributed by atoms with Gasteiger partial charge in [-0.25, -0.2) is 0 Å². The highest BCUT2D eigenvalue weighted by atomic mass is 35.5. The first kappa shape index (κ1) is 32.5. The summed E-state index contributed by atoms with van der Waals surface area (Å²) in [7, 11) is 0. The zero-order valence-electron chi connectivity index (χ0n) is 26.9. The number of carbonyl (C=O) groups is 3. The number of amides is 3. The highest BCUT2D eigenvalue weighted by Gasteiger charge is 2.72. The van der Waals surface area contributed by atoms with Crippen LogP contribution in [0.3, 0.4) is 0 Å². The van der Waals surface area contributed by atoms with E-state index < -0.39 is 28.7 Å². The molecule has 4 aliphatic heterocycles. The molecule has 1 unspecified atom stereocenters. The Bertz CT molecular complexity index is 1760. The van der Waals surface area contributed by atoms with Crippen molar-refractivity contribution in [1.29, 1.82) is 0 Å². The number of ether oxygens (including phenoxy) is 1. The average Bonchev–Trinajstić information content (AvgIpc) is 3.41. The largest absolute Gasteiger partial charge is 0.494 e. The molecule has 6 atom stereocenters. The van der Waals surface area contributed by atoms with E-state index in [4.69, 9.17) is 16.3 Å². The van der Waals surface area contributed by atoms with E-state index >= 15 is 9.59 Å². The SMILES string of the molecule is CCOc1ccc(N2CC=C[C@H]3S[C@]45C=CCN(c6c(C)cccc6Cl)C(=O)C4N([C@@H](CO)Cc4ccccc4)C(=O)[C@@H]5[C@H]3C2=O)cc1. The maximum atomic E-state index is 15.0. The molecule has 0 aromatic heterocycles. The molecule has 3 aromatic carbocycles. The van der Waals surface area contributed by atoms with Gasteiger partial charge in [0.1, 0.15) is 11.8 Å². The van der Waals surface area contributed by atoms with Crippen LogP contribution in [0.15, 0.2) is 97.1 Å². The molecule has 48 heavy (non-hydrogen) atoms. The molecule has 2 saturated heterocycles. The molecule has 4 heterocycles. The second-order valence-electron chi connectivity index (χ2n) is 12.7. The monoisotopic (exact) mass is 683 g/mol. The molecule has 0 radical (unpaired) electrons. The number of hydrogen-bond donors (Lipinski definition) is 1. The van der Waals surface area contributed by atoms with Crippen molar-refractivity contribution in [3.05, 3.63) is 113 Å². The Morgan fingerprint density at radius 2 is 1.69 bits per heavy atom. The van der Waals surface area contributed by atoms with Gasteiger partial charge < -0.3 is 24.5 Å². The van der Waals surface area contributed by atoms with E-state index in [-0.39, 0.29) is 36.1 Å². The minimum atomic E-state index is -1.04. The van der Waals surface area contributed by atoms with Crippen LogP contribution in [-0.4, -0.2) is 76.1 Å². The van der Waals surface area contributed by atoms with Gasteiger partial charge in [-0.05, 0) is 61.7 Å². The summed E-state index contributed by atoms with van der Waals surface area (Å²) in [5, 5.41) is 11.0. The lowest BCUT2D eigenvalue weighted by molar-refractivity contribution is -0.141. The molecule has 3 aromatic rings. The lowest BCUT2D eigenvalue weighted by Crippen LogP contribution is -2.57. The molecular weight excluding hydrogens is 646 g/mol. The van der Waals surface area contributed by atoms with Gasteiger partial charge in [0.25, 0.3) is 5.91 Å². The number of halogens is 1. The molecule has 248 valence electrons. The Morgan fingerprint density at radius 1 is 0.938 bits per heavy atom. The third kappa shape index (κ3) is 5.32. The lowest BCUT2D eigenvalue weighted by atomic mass is 9.78. The fourth-order valence-corrected chi connectivity index (χ4v) is 10.2. The number of nitrogens with zero attached hydrogens (tertiary/aromatic N) is 3. The Balaban J connectivity index is 1.33. The van der Waals surface area contributed by atoms with E-state index in [1.807, 2.05) is 105 Å². The molecule has 0 saturated carbocycles. The van der Waals surface area contributed by atoms with Crippen molar-refractivity contribution in [2.75, 3.05) is 36.1 Å². The Hall–Kier alpha value is -4.05. The van der Waals surface area contributed by atoms with E-state index in [1.54, 1.807) is 20.8 Å². The smallest absolute Gasteiger partial charge is 0.251 e. The fraction of sp³-hybridized carbons (Fsp3) is 0.342. The van der Waals surface area contributed by atoms with Crippen LogP contribution < -0.4 is 14.5 Å². The molecular formula is C38H38ClN3O5S. The molecule has 10 heteroatoms. The summed E-state index contributed by atoms with van der Waals surface area (Å²) in [6, 6.07) is 20.9. The van der Waals surface area contributed by atoms with Gasteiger partial charge in [-0.1, -0.05) is 78.4 Å². The van der Waals surface area contributed by atoms with Crippen LogP contribution in [0.4, 0.5) is 11.4 Å². The van der Waals surface area contributed by atoms with Gasteiger partial charge in [0.2, 0.25) is 11.8 Å². The third-order valence-electron chi connectivity index (χ3n) is 9.93. The predicted octanol–water partition coefficient (Wildman–Crippen LogP) is 5.45. The van der Waals surface area contributed by atoms with E-state index in [2.05, 4.69) is 0 Å². The van der Waals surface area contributed by atoms with Gasteiger partial charge in [-0.3, -0.25) is 14.4 Å². The topological polar surface area (TPSA) is 90.4 Å². The Morgan fingerprint density at radius 3 is 2.40 bits per heavy atom. The van der Waals surface area contributed by atoms with Crippen molar-refractivity contribution in [1.82, 2.24) is 4.90 Å². The summed E-state index contributed by atoms with van der Waals surface area (Å²) in [5.74, 6) is -1.56. The lowest BCUT2D eigenvalue weighted by Gasteiger charge is -2.39. The molecule has 0 aliphatic carbocycles. The average molecular weight is 684 g/mol. The van der Waals surface area contributed by atoms with Gasteiger partial charge in [0.15, 0.2) is 0 Å². The molecule has 8 nitrogen and oxygen atoms in total. The number of carbonyl (C=O) groups excluding carboxylic acids is 3. The molecule has 1 N–H and O–H groups in total. The highest BCUT2D eigenvalue weighted by Crippen LogP contribution is 2.61. The number of aryl methyl sites for hydroxylation is 1. The maximum Gasteiger partial charge on any atom is 0.251 e. The Labute approximate surface area is 290 Å². The quantitative estimate of drug-likeness (QED) is 0.318. The number of rotatable bonds is 8. The minimum Gasteiger partial charge on any atom is -0.494 e. The zero-order valence-corrected chi connectivity index (χ0v) is 28.4. The number of likely N-dealkylation sites (tertiary alicyclic amines) is 1. The summed E-state index contributed by atoms with van der Waals surface area (Å²) in [5.41, 5.74) is 3.08. The van der Waals surface area contributed by atoms with E-state index in [1.165, 1.54) is 11.8 Å². The number of fused-ring (bicyclic) bond motifs is 2. The van der Waals surface area contributed by atoms with Crippen LogP contribution in [0.2, 0.25) is 5.02 Å². The highest BCUT2D eigenvalue weighted by molar-refractivity contribution is 8.02. The zero-order chi connectivity index (χ0) is 33.6. The summed E-state index contributed by atoms with van der Waals surface area (Å²) in [4.78, 5) is 49.7. The summed E-state index contributed by atoms with van der Waals surface area (Å²) in [6.07, 6.45) is 8.29. The van der Waals surface area contributed by atoms with E-state index in [9.17, 15) is 9.90 Å². The third-order valence-corrected chi connectivity index (χ3v) is 12.0. The van der Waals surface area contributed by atoms with Crippen LogP contribution in [0, 0.1) is 18.8 Å². The summed E-state index contributed by atoms with van der Waals surface area (Å²) >= 11 is 8.24. The van der Waals surface area contributed by atoms with Crippen molar-refractivity contribution < 1.29 is 24.2 Å². The van der Waals surface area contributed by atoms with Crippen LogP contribution in [-0.2, 0) is 20.8 Å². The number of aliphatic hydroxyl groups excluding tert-OH is 1. The first-order valence-electron chi connectivity index (χ1n) is 16.4. The second-order valence-corrected chi connectivity index (χ2v) is 14.6. The number of hydrogen-bond acceptors (Lipinski definition) is 6. The summed E-state index contributed by atoms with van der Waals surface area (Å²) < 4.78 is 4.58. The minimum absolute atomic E-state index is 0.162. The van der Waals surface area contributed by atoms with Crippen LogP contribution in [0.5, 0.6) is 5.75 Å². The molecule has 4 aliphatic rings. The van der Waals surface area contributed by atoms with Crippen molar-refractivity contribution in [2.45, 2.75) is 42.3 Å². The van der Waals surface area contributed by atoms with Gasteiger partial charge in [0, 0.05) is 24.0 Å². The van der Waals surface area contributed by atoms with E-state index in [0.717, 1.165) is 11.1 Å². The first-order chi connectivity index (χ1) is 23.3. The molecule has 7 rings (SSSR count). The number of para-hydroxylation sites is 1. The molecule has 3 amide bonds. The van der Waals surface area contributed by atoms with Crippen LogP contribution >= 0.6 is 23.4 Å². The van der Waals surface area contributed by atoms with Crippen molar-refractivity contribution in [3.8, 4) is 5.75 Å². The standard InChI is InChI=1S/C38H38ClN3O5S/c1-3-47-28-17-15-26(16-18-28)40-20-8-14-30-31(35(40)44)32-36(45)42(27(23-43)22-25-11-5-4-6-12-25)34-37(46)41(21-9-19-38(32,34)48-30)33-24(2)10-7-13-29(33)39/h4-19,27,30-32,34,43H,3,20-23H2,1-2H3/t27-,30-,31+,32+,34?,38+/m1/s1. The van der Waals surface area contributed by atoms with Gasteiger partial charge in [-0.15, -0.1) is 11.8 Å². The van der Waals surface area contributed by atoms with Crippen molar-refractivity contribution in [2.24, 2.45) is 11.8 Å². The second kappa shape index (κ2) is 13.1. The first-order valence-corrected chi connectivity index (χ1v) is 17.6. The number of thioether (sulfide) groups is 1. The van der Waals surface area contributed by atoms with Crippen LogP contribution in [0.1, 0.15) is 18.1 Å². The number of anilines is 2. The maximum absolute atomic E-state index is 15.0. The molecule has 0 bridgehead atoms. The van der Waals surface area contributed by atoms with Crippen molar-refractivity contribution >= 4 is 52.5 Å². The number of aliphatic hydroxyl groups is 1. The molecule has 2 fully saturated rings. The van der Waals surface area contributed by atoms with Crippen molar-refractivity contribution in [3.63, 3.8) is 0 Å². The normalized spacial score (nSPS) is 27.0. The molecule has 1 spiro atoms.